The topological polar surface area (TPSA) is 63.1 Å². The average molecular weight is 279 g/mol. The quantitative estimate of drug-likeness (QED) is 0.868. The smallest absolute Gasteiger partial charge is 0.224 e. The lowest BCUT2D eigenvalue weighted by atomic mass is 9.97. The highest BCUT2D eigenvalue weighted by molar-refractivity contribution is 5.78. The van der Waals surface area contributed by atoms with Crippen molar-refractivity contribution in [2.75, 3.05) is 19.6 Å². The van der Waals surface area contributed by atoms with Crippen molar-refractivity contribution in [2.45, 2.75) is 39.7 Å². The van der Waals surface area contributed by atoms with E-state index in [9.17, 15) is 4.79 Å². The Balaban J connectivity index is 1.90. The summed E-state index contributed by atoms with van der Waals surface area (Å²) in [6, 6.07) is 0. The lowest BCUT2D eigenvalue weighted by Gasteiger charge is -2.31. The molecule has 1 aromatic heterocycles. The number of carbonyl (C=O) groups excluding carboxylic acids is 1. The van der Waals surface area contributed by atoms with Crippen LogP contribution in [0.25, 0.3) is 0 Å². The molecule has 20 heavy (non-hydrogen) atoms. The number of hydrogen-bond donors (Lipinski definition) is 1. The number of nitrogens with zero attached hydrogens (tertiary/aromatic N) is 4. The van der Waals surface area contributed by atoms with Crippen molar-refractivity contribution in [3.05, 3.63) is 11.6 Å². The Morgan fingerprint density at radius 3 is 2.90 bits per heavy atom. The van der Waals surface area contributed by atoms with E-state index < -0.39 is 0 Å². The Hall–Kier alpha value is -1.43. The summed E-state index contributed by atoms with van der Waals surface area (Å²) in [7, 11) is 1.99. The fourth-order valence-corrected chi connectivity index (χ4v) is 2.59. The monoisotopic (exact) mass is 279 g/mol. The Morgan fingerprint density at radius 2 is 2.25 bits per heavy atom. The van der Waals surface area contributed by atoms with Crippen molar-refractivity contribution in [3.8, 4) is 0 Å². The molecule has 0 bridgehead atoms. The van der Waals surface area contributed by atoms with Crippen LogP contribution in [0.2, 0.25) is 0 Å². The van der Waals surface area contributed by atoms with Gasteiger partial charge in [0, 0.05) is 20.1 Å². The van der Waals surface area contributed by atoms with Crippen molar-refractivity contribution in [3.63, 3.8) is 0 Å². The first-order valence-corrected chi connectivity index (χ1v) is 7.46. The molecule has 6 nitrogen and oxygen atoms in total. The molecule has 1 N–H and O–H groups in total. The molecular formula is C14H25N5O. The number of likely N-dealkylation sites (tertiary alicyclic amines) is 1. The minimum absolute atomic E-state index is 0.115. The predicted octanol–water partition coefficient (Wildman–Crippen LogP) is 0.862. The van der Waals surface area contributed by atoms with Gasteiger partial charge in [0.15, 0.2) is 0 Å². The van der Waals surface area contributed by atoms with Crippen molar-refractivity contribution < 1.29 is 4.79 Å². The zero-order chi connectivity index (χ0) is 14.5. The van der Waals surface area contributed by atoms with Crippen LogP contribution < -0.4 is 5.32 Å². The molecule has 1 aromatic rings. The van der Waals surface area contributed by atoms with Crippen LogP contribution in [-0.4, -0.2) is 45.2 Å². The largest absolute Gasteiger partial charge is 0.356 e. The van der Waals surface area contributed by atoms with E-state index >= 15 is 0 Å². The zero-order valence-electron chi connectivity index (χ0n) is 12.7. The van der Waals surface area contributed by atoms with E-state index in [1.807, 2.05) is 18.5 Å². The van der Waals surface area contributed by atoms with E-state index in [4.69, 9.17) is 0 Å². The standard InChI is InChI=1S/C14H25N5O/c1-4-7-15-14(20)12-6-5-8-19(9-12)10-13-17-16-11(2)18(13)3/h12H,4-10H2,1-3H3,(H,15,20). The van der Waals surface area contributed by atoms with Gasteiger partial charge >= 0.3 is 0 Å². The van der Waals surface area contributed by atoms with Gasteiger partial charge < -0.3 is 9.88 Å². The van der Waals surface area contributed by atoms with Gasteiger partial charge in [-0.3, -0.25) is 9.69 Å². The van der Waals surface area contributed by atoms with E-state index in [1.165, 1.54) is 0 Å². The molecule has 2 heterocycles. The second-order valence-corrected chi connectivity index (χ2v) is 5.59. The lowest BCUT2D eigenvalue weighted by molar-refractivity contribution is -0.126. The van der Waals surface area contributed by atoms with Gasteiger partial charge in [-0.15, -0.1) is 10.2 Å². The number of amides is 1. The minimum Gasteiger partial charge on any atom is -0.356 e. The highest BCUT2D eigenvalue weighted by atomic mass is 16.1. The minimum atomic E-state index is 0.115. The van der Waals surface area contributed by atoms with Gasteiger partial charge in [-0.25, -0.2) is 0 Å². The molecular weight excluding hydrogens is 254 g/mol. The van der Waals surface area contributed by atoms with Crippen LogP contribution >= 0.6 is 0 Å². The molecule has 0 radical (unpaired) electrons. The summed E-state index contributed by atoms with van der Waals surface area (Å²) < 4.78 is 2.01. The van der Waals surface area contributed by atoms with Crippen LogP contribution in [0.1, 0.15) is 37.8 Å². The van der Waals surface area contributed by atoms with Crippen LogP contribution in [-0.2, 0) is 18.4 Å². The van der Waals surface area contributed by atoms with Gasteiger partial charge in [0.05, 0.1) is 12.5 Å². The van der Waals surface area contributed by atoms with Gasteiger partial charge in [-0.05, 0) is 32.7 Å². The van der Waals surface area contributed by atoms with Gasteiger partial charge in [0.25, 0.3) is 0 Å². The third kappa shape index (κ3) is 3.56. The van der Waals surface area contributed by atoms with E-state index in [2.05, 4.69) is 27.3 Å². The molecule has 6 heteroatoms. The number of nitrogens with one attached hydrogen (secondary N) is 1. The van der Waals surface area contributed by atoms with Crippen LogP contribution in [0, 0.1) is 12.8 Å². The maximum atomic E-state index is 12.1. The maximum Gasteiger partial charge on any atom is 0.224 e. The van der Waals surface area contributed by atoms with E-state index in [-0.39, 0.29) is 11.8 Å². The number of aromatic nitrogens is 3. The van der Waals surface area contributed by atoms with Crippen LogP contribution in [0.5, 0.6) is 0 Å². The van der Waals surface area contributed by atoms with Crippen molar-refractivity contribution in [1.82, 2.24) is 25.0 Å². The third-order valence-electron chi connectivity index (χ3n) is 3.97. The molecule has 0 spiro atoms. The summed E-state index contributed by atoms with van der Waals surface area (Å²) in [5.41, 5.74) is 0. The SMILES string of the molecule is CCCNC(=O)C1CCCN(Cc2nnc(C)n2C)C1. The van der Waals surface area contributed by atoms with Gasteiger partial charge in [-0.1, -0.05) is 6.92 Å². The number of carbonyl (C=O) groups is 1. The molecule has 112 valence electrons. The Labute approximate surface area is 120 Å². The third-order valence-corrected chi connectivity index (χ3v) is 3.97. The summed E-state index contributed by atoms with van der Waals surface area (Å²) in [5, 5.41) is 11.3. The van der Waals surface area contributed by atoms with E-state index in [0.29, 0.717) is 0 Å². The molecule has 1 atom stereocenters. The highest BCUT2D eigenvalue weighted by Gasteiger charge is 2.26. The second-order valence-electron chi connectivity index (χ2n) is 5.59. The van der Waals surface area contributed by atoms with Crippen LogP contribution in [0.15, 0.2) is 0 Å². The van der Waals surface area contributed by atoms with Crippen LogP contribution in [0.4, 0.5) is 0 Å². The van der Waals surface area contributed by atoms with Gasteiger partial charge in [0.1, 0.15) is 11.6 Å². The fraction of sp³-hybridized carbons (Fsp3) is 0.786. The van der Waals surface area contributed by atoms with Crippen molar-refractivity contribution in [1.29, 1.82) is 0 Å². The normalized spacial score (nSPS) is 20.1. The molecule has 1 fully saturated rings. The molecule has 1 aliphatic rings. The summed E-state index contributed by atoms with van der Waals surface area (Å²) in [5.74, 6) is 2.21. The molecule has 1 saturated heterocycles. The molecule has 0 aliphatic carbocycles. The molecule has 0 aromatic carbocycles. The predicted molar refractivity (Wildman–Crippen MR) is 77.0 cm³/mol. The molecule has 2 rings (SSSR count). The summed E-state index contributed by atoms with van der Waals surface area (Å²) in [6.07, 6.45) is 3.05. The Morgan fingerprint density at radius 1 is 1.45 bits per heavy atom. The first-order valence-electron chi connectivity index (χ1n) is 7.46. The van der Waals surface area contributed by atoms with Crippen molar-refractivity contribution in [2.24, 2.45) is 13.0 Å². The maximum absolute atomic E-state index is 12.1. The summed E-state index contributed by atoms with van der Waals surface area (Å²) in [6.45, 7) is 7.43. The lowest BCUT2D eigenvalue weighted by Crippen LogP contribution is -2.43. The van der Waals surface area contributed by atoms with E-state index in [1.54, 1.807) is 0 Å². The summed E-state index contributed by atoms with van der Waals surface area (Å²) in [4.78, 5) is 14.4. The molecule has 1 amide bonds. The second kappa shape index (κ2) is 6.83. The Kier molecular flexibility index (Phi) is 5.11. The first kappa shape index (κ1) is 15.0. The highest BCUT2D eigenvalue weighted by Crippen LogP contribution is 2.18. The van der Waals surface area contributed by atoms with Gasteiger partial charge in [0.2, 0.25) is 5.91 Å². The first-order chi connectivity index (χ1) is 9.61. The number of hydrogen-bond acceptors (Lipinski definition) is 4. The zero-order valence-corrected chi connectivity index (χ0v) is 12.7. The number of rotatable bonds is 5. The van der Waals surface area contributed by atoms with E-state index in [0.717, 1.165) is 57.1 Å². The average Bonchev–Trinajstić information content (AvgIpc) is 2.77. The number of aryl methyl sites for hydroxylation is 1. The molecule has 0 saturated carbocycles. The van der Waals surface area contributed by atoms with Gasteiger partial charge in [-0.2, -0.15) is 0 Å². The summed E-state index contributed by atoms with van der Waals surface area (Å²) >= 11 is 0. The van der Waals surface area contributed by atoms with Crippen molar-refractivity contribution >= 4 is 5.91 Å². The molecule has 1 unspecified atom stereocenters. The fourth-order valence-electron chi connectivity index (χ4n) is 2.59. The Bertz CT molecular complexity index is 456. The molecule has 1 aliphatic heterocycles. The number of piperidine rings is 1. The van der Waals surface area contributed by atoms with Crippen LogP contribution in [0.3, 0.4) is 0 Å².